The number of aliphatic hydroxyl groups excluding tert-OH is 1. The molecule has 0 unspecified atom stereocenters. The van der Waals surface area contributed by atoms with E-state index in [1.54, 1.807) is 0 Å². The molecule has 1 aromatic heterocycles. The summed E-state index contributed by atoms with van der Waals surface area (Å²) in [6.45, 7) is 8.88. The van der Waals surface area contributed by atoms with E-state index in [4.69, 9.17) is 0 Å². The fourth-order valence-electron chi connectivity index (χ4n) is 2.95. The van der Waals surface area contributed by atoms with Crippen molar-refractivity contribution in [1.82, 2.24) is 25.0 Å². The van der Waals surface area contributed by atoms with Crippen molar-refractivity contribution in [2.45, 2.75) is 46.3 Å². The summed E-state index contributed by atoms with van der Waals surface area (Å²) in [5, 5.41) is 17.2. The van der Waals surface area contributed by atoms with Gasteiger partial charge in [-0.3, -0.25) is 14.8 Å². The van der Waals surface area contributed by atoms with Gasteiger partial charge in [0.05, 0.1) is 12.6 Å². The van der Waals surface area contributed by atoms with Crippen molar-refractivity contribution in [1.29, 1.82) is 0 Å². The number of hydrogen-bond donors (Lipinski definition) is 2. The summed E-state index contributed by atoms with van der Waals surface area (Å²) in [5.74, 6) is 1.74. The number of carbonyl (C=O) groups is 1. The van der Waals surface area contributed by atoms with E-state index in [0.29, 0.717) is 26.2 Å². The van der Waals surface area contributed by atoms with Gasteiger partial charge in [-0.1, -0.05) is 13.8 Å². The lowest BCUT2D eigenvalue weighted by Gasteiger charge is -2.25. The van der Waals surface area contributed by atoms with Crippen molar-refractivity contribution in [2.24, 2.45) is 5.92 Å². The molecule has 0 radical (unpaired) electrons. The van der Waals surface area contributed by atoms with Gasteiger partial charge < -0.3 is 10.0 Å². The van der Waals surface area contributed by atoms with Crippen LogP contribution in [0.5, 0.6) is 0 Å². The highest BCUT2D eigenvalue weighted by molar-refractivity contribution is 5.78. The molecule has 2 rings (SSSR count). The first-order chi connectivity index (χ1) is 10.5. The minimum absolute atomic E-state index is 0.0643. The third-order valence-electron chi connectivity index (χ3n) is 4.24. The maximum absolute atomic E-state index is 12.5. The standard InChI is InChI=1S/C15H27N5O2/c1-4-12(5-2)15(22)20-7-6-19(8-13(21)9-20)10-14-16-11(3)17-18-14/h12-13,21H,4-10H2,1-3H3,(H,16,17,18)/t13-/m1/s1. The molecule has 0 aliphatic carbocycles. The number of nitrogens with one attached hydrogen (secondary N) is 1. The predicted octanol–water partition coefficient (Wildman–Crippen LogP) is 0.554. The van der Waals surface area contributed by atoms with E-state index in [0.717, 1.165) is 31.0 Å². The van der Waals surface area contributed by atoms with Crippen LogP contribution in [0.1, 0.15) is 38.3 Å². The molecule has 0 bridgehead atoms. The number of β-amino-alcohol motifs (C(OH)–C–C–N with tert-alkyl or cyclic N) is 1. The number of nitrogens with zero attached hydrogens (tertiary/aromatic N) is 4. The highest BCUT2D eigenvalue weighted by Gasteiger charge is 2.28. The maximum atomic E-state index is 12.5. The summed E-state index contributed by atoms with van der Waals surface area (Å²) in [4.78, 5) is 20.7. The number of aromatic amines is 1. The summed E-state index contributed by atoms with van der Waals surface area (Å²) < 4.78 is 0. The normalized spacial score (nSPS) is 20.4. The van der Waals surface area contributed by atoms with Gasteiger partial charge in [0.1, 0.15) is 5.82 Å². The third-order valence-corrected chi connectivity index (χ3v) is 4.24. The molecule has 7 nitrogen and oxygen atoms in total. The molecule has 0 spiro atoms. The molecular formula is C15H27N5O2. The maximum Gasteiger partial charge on any atom is 0.225 e. The zero-order chi connectivity index (χ0) is 16.1. The van der Waals surface area contributed by atoms with Gasteiger partial charge in [0.15, 0.2) is 5.82 Å². The Kier molecular flexibility index (Phi) is 5.90. The van der Waals surface area contributed by atoms with Crippen LogP contribution in [0.2, 0.25) is 0 Å². The second-order valence-corrected chi connectivity index (χ2v) is 6.02. The van der Waals surface area contributed by atoms with E-state index >= 15 is 0 Å². The summed E-state index contributed by atoms with van der Waals surface area (Å²) in [6.07, 6.45) is 1.17. The Morgan fingerprint density at radius 1 is 1.36 bits per heavy atom. The first kappa shape index (κ1) is 16.9. The first-order valence-electron chi connectivity index (χ1n) is 8.10. The minimum atomic E-state index is -0.527. The van der Waals surface area contributed by atoms with Crippen LogP contribution in [0.3, 0.4) is 0 Å². The van der Waals surface area contributed by atoms with E-state index in [9.17, 15) is 9.90 Å². The van der Waals surface area contributed by atoms with Crippen molar-refractivity contribution in [3.63, 3.8) is 0 Å². The Labute approximate surface area is 131 Å². The van der Waals surface area contributed by atoms with Gasteiger partial charge in [-0.2, -0.15) is 5.10 Å². The lowest BCUT2D eigenvalue weighted by atomic mass is 10.0. The quantitative estimate of drug-likeness (QED) is 0.830. The number of H-pyrrole nitrogens is 1. The fraction of sp³-hybridized carbons (Fsp3) is 0.800. The van der Waals surface area contributed by atoms with Gasteiger partial charge in [-0.05, 0) is 19.8 Å². The van der Waals surface area contributed by atoms with E-state index < -0.39 is 6.10 Å². The minimum Gasteiger partial charge on any atom is -0.390 e. The van der Waals surface area contributed by atoms with E-state index in [-0.39, 0.29) is 11.8 Å². The number of hydrogen-bond acceptors (Lipinski definition) is 5. The zero-order valence-electron chi connectivity index (χ0n) is 13.7. The highest BCUT2D eigenvalue weighted by Crippen LogP contribution is 2.15. The van der Waals surface area contributed by atoms with Crippen molar-refractivity contribution in [3.05, 3.63) is 11.6 Å². The molecular weight excluding hydrogens is 282 g/mol. The average Bonchev–Trinajstić information content (AvgIpc) is 2.79. The van der Waals surface area contributed by atoms with Gasteiger partial charge in [0, 0.05) is 32.1 Å². The largest absolute Gasteiger partial charge is 0.390 e. The van der Waals surface area contributed by atoms with E-state index in [1.807, 2.05) is 25.7 Å². The van der Waals surface area contributed by atoms with Crippen molar-refractivity contribution < 1.29 is 9.90 Å². The van der Waals surface area contributed by atoms with Crippen LogP contribution in [0.15, 0.2) is 0 Å². The van der Waals surface area contributed by atoms with Crippen LogP contribution in [0.25, 0.3) is 0 Å². The van der Waals surface area contributed by atoms with Crippen molar-refractivity contribution >= 4 is 5.91 Å². The van der Waals surface area contributed by atoms with Gasteiger partial charge in [-0.25, -0.2) is 4.98 Å². The molecule has 22 heavy (non-hydrogen) atoms. The summed E-state index contributed by atoms with van der Waals surface area (Å²) in [7, 11) is 0. The molecule has 1 aromatic rings. The fourth-order valence-corrected chi connectivity index (χ4v) is 2.95. The Bertz CT molecular complexity index is 486. The molecule has 0 saturated carbocycles. The molecule has 2 heterocycles. The lowest BCUT2D eigenvalue weighted by Crippen LogP contribution is -2.41. The number of aryl methyl sites for hydroxylation is 1. The smallest absolute Gasteiger partial charge is 0.225 e. The molecule has 124 valence electrons. The van der Waals surface area contributed by atoms with Crippen LogP contribution >= 0.6 is 0 Å². The number of aromatic nitrogens is 3. The van der Waals surface area contributed by atoms with E-state index in [1.165, 1.54) is 0 Å². The molecule has 1 fully saturated rings. The molecule has 1 aliphatic heterocycles. The summed E-state index contributed by atoms with van der Waals surface area (Å²) in [6, 6.07) is 0. The first-order valence-corrected chi connectivity index (χ1v) is 8.10. The number of carbonyl (C=O) groups excluding carboxylic acids is 1. The van der Waals surface area contributed by atoms with Gasteiger partial charge >= 0.3 is 0 Å². The Hall–Kier alpha value is -1.47. The average molecular weight is 309 g/mol. The third kappa shape index (κ3) is 4.27. The van der Waals surface area contributed by atoms with Crippen LogP contribution in [0, 0.1) is 12.8 Å². The lowest BCUT2D eigenvalue weighted by molar-refractivity contribution is -0.136. The summed E-state index contributed by atoms with van der Waals surface area (Å²) >= 11 is 0. The molecule has 1 aliphatic rings. The second kappa shape index (κ2) is 7.69. The molecule has 1 atom stereocenters. The summed E-state index contributed by atoms with van der Waals surface area (Å²) in [5.41, 5.74) is 0. The number of aliphatic hydroxyl groups is 1. The van der Waals surface area contributed by atoms with Crippen LogP contribution < -0.4 is 0 Å². The van der Waals surface area contributed by atoms with Crippen LogP contribution in [-0.4, -0.2) is 68.3 Å². The molecule has 1 saturated heterocycles. The number of rotatable bonds is 5. The molecule has 7 heteroatoms. The topological polar surface area (TPSA) is 85.4 Å². The highest BCUT2D eigenvalue weighted by atomic mass is 16.3. The number of amides is 1. The predicted molar refractivity (Wildman–Crippen MR) is 83.1 cm³/mol. The van der Waals surface area contributed by atoms with Crippen molar-refractivity contribution in [3.8, 4) is 0 Å². The van der Waals surface area contributed by atoms with Gasteiger partial charge in [-0.15, -0.1) is 0 Å². The Morgan fingerprint density at radius 3 is 2.68 bits per heavy atom. The molecule has 0 aromatic carbocycles. The second-order valence-electron chi connectivity index (χ2n) is 6.02. The SMILES string of the molecule is CCC(CC)C(=O)N1CCN(Cc2n[nH]c(C)n2)C[C@@H](O)C1. The Morgan fingerprint density at radius 2 is 2.09 bits per heavy atom. The zero-order valence-corrected chi connectivity index (χ0v) is 13.7. The van der Waals surface area contributed by atoms with Crippen molar-refractivity contribution in [2.75, 3.05) is 26.2 Å². The van der Waals surface area contributed by atoms with Crippen LogP contribution in [0.4, 0.5) is 0 Å². The van der Waals surface area contributed by atoms with Crippen LogP contribution in [-0.2, 0) is 11.3 Å². The Balaban J connectivity index is 1.96. The van der Waals surface area contributed by atoms with E-state index in [2.05, 4.69) is 20.1 Å². The molecule has 2 N–H and O–H groups in total. The van der Waals surface area contributed by atoms with Gasteiger partial charge in [0.2, 0.25) is 5.91 Å². The molecule has 1 amide bonds. The van der Waals surface area contributed by atoms with Gasteiger partial charge in [0.25, 0.3) is 0 Å². The monoisotopic (exact) mass is 309 g/mol.